The van der Waals surface area contributed by atoms with Gasteiger partial charge in [0.15, 0.2) is 16.4 Å². The largest absolute Gasteiger partial charge is 0.459 e. The second kappa shape index (κ2) is 6.42. The summed E-state index contributed by atoms with van der Waals surface area (Å²) in [5.74, 6) is -6.42. The van der Waals surface area contributed by atoms with Crippen molar-refractivity contribution in [2.24, 2.45) is 0 Å². The molecule has 1 aliphatic heterocycles. The lowest BCUT2D eigenvalue weighted by Crippen LogP contribution is -2.42. The Morgan fingerprint density at radius 1 is 1.10 bits per heavy atom. The van der Waals surface area contributed by atoms with Crippen molar-refractivity contribution in [3.8, 4) is 0 Å². The number of halogens is 5. The Balaban J connectivity index is 2.29. The molecule has 0 atom stereocenters. The molecule has 0 spiro atoms. The van der Waals surface area contributed by atoms with Crippen molar-refractivity contribution in [1.29, 1.82) is 0 Å². The maximum Gasteiger partial charge on any atom is 0.456 e. The first-order chi connectivity index (χ1) is 9.43. The minimum atomic E-state index is -5.77. The van der Waals surface area contributed by atoms with Gasteiger partial charge >= 0.3 is 18.1 Å². The second-order valence-corrected chi connectivity index (χ2v) is 6.91. The number of alkyl halides is 5. The number of hydrogen-bond donors (Lipinski definition) is 0. The van der Waals surface area contributed by atoms with Gasteiger partial charge in [-0.15, -0.1) is 0 Å². The van der Waals surface area contributed by atoms with Gasteiger partial charge in [0.25, 0.3) is 0 Å². The first-order valence-corrected chi connectivity index (χ1v) is 7.78. The quantitative estimate of drug-likeness (QED) is 0.549. The van der Waals surface area contributed by atoms with E-state index in [0.717, 1.165) is 0 Å². The number of carbonyl (C=O) groups excluding carboxylic acids is 1. The molecule has 0 aromatic carbocycles. The number of sulfone groups is 1. The van der Waals surface area contributed by atoms with Crippen molar-refractivity contribution >= 4 is 15.8 Å². The maximum atomic E-state index is 12.5. The molecule has 1 aliphatic rings. The van der Waals surface area contributed by atoms with E-state index in [4.69, 9.17) is 0 Å². The van der Waals surface area contributed by atoms with Crippen molar-refractivity contribution in [3.63, 3.8) is 0 Å². The molecule has 1 fully saturated rings. The molecule has 1 rings (SSSR count). The zero-order valence-electron chi connectivity index (χ0n) is 10.8. The summed E-state index contributed by atoms with van der Waals surface area (Å²) in [4.78, 5) is 12.7. The fourth-order valence-electron chi connectivity index (χ4n) is 1.55. The molecule has 11 heteroatoms. The standard InChI is InChI=1S/C10H14F5NO4S/c11-9(12,10(13,14)15)7-20-8(17)1-2-16-3-5-21(18,19)6-4-16/h1-7H2. The van der Waals surface area contributed by atoms with Crippen molar-refractivity contribution < 1.29 is 39.9 Å². The third-order valence-electron chi connectivity index (χ3n) is 2.90. The minimum Gasteiger partial charge on any atom is -0.459 e. The van der Waals surface area contributed by atoms with Crippen LogP contribution in [0.1, 0.15) is 6.42 Å². The summed E-state index contributed by atoms with van der Waals surface area (Å²) < 4.78 is 86.6. The summed E-state index contributed by atoms with van der Waals surface area (Å²) in [5, 5.41) is 0. The summed E-state index contributed by atoms with van der Waals surface area (Å²) in [5.41, 5.74) is 0. The highest BCUT2D eigenvalue weighted by Crippen LogP contribution is 2.35. The molecule has 0 aliphatic carbocycles. The fraction of sp³-hybridized carbons (Fsp3) is 0.900. The van der Waals surface area contributed by atoms with Gasteiger partial charge in [0.2, 0.25) is 0 Å². The molecule has 5 nitrogen and oxygen atoms in total. The monoisotopic (exact) mass is 339 g/mol. The van der Waals surface area contributed by atoms with E-state index in [-0.39, 0.29) is 37.6 Å². The van der Waals surface area contributed by atoms with Crippen LogP contribution in [0.4, 0.5) is 22.0 Å². The van der Waals surface area contributed by atoms with Gasteiger partial charge in [-0.2, -0.15) is 22.0 Å². The number of esters is 1. The molecule has 0 aromatic rings. The molecule has 0 aromatic heterocycles. The first-order valence-electron chi connectivity index (χ1n) is 5.96. The molecule has 0 N–H and O–H groups in total. The predicted molar refractivity (Wildman–Crippen MR) is 61.7 cm³/mol. The fourth-order valence-corrected chi connectivity index (χ4v) is 2.83. The molecule has 1 heterocycles. The average molecular weight is 339 g/mol. The Labute approximate surface area is 118 Å². The molecule has 0 saturated carbocycles. The van der Waals surface area contributed by atoms with Gasteiger partial charge in [-0.1, -0.05) is 0 Å². The lowest BCUT2D eigenvalue weighted by molar-refractivity contribution is -0.294. The van der Waals surface area contributed by atoms with Crippen molar-refractivity contribution in [3.05, 3.63) is 0 Å². The predicted octanol–water partition coefficient (Wildman–Crippen LogP) is 0.848. The Morgan fingerprint density at radius 2 is 1.62 bits per heavy atom. The highest BCUT2D eigenvalue weighted by Gasteiger charge is 2.58. The molecule has 0 unspecified atom stereocenters. The number of carbonyl (C=O) groups is 1. The molecule has 21 heavy (non-hydrogen) atoms. The van der Waals surface area contributed by atoms with Crippen LogP contribution in [0.3, 0.4) is 0 Å². The van der Waals surface area contributed by atoms with Crippen LogP contribution in [0.15, 0.2) is 0 Å². The third-order valence-corrected chi connectivity index (χ3v) is 4.51. The molecular weight excluding hydrogens is 325 g/mol. The van der Waals surface area contributed by atoms with Crippen LogP contribution in [-0.4, -0.2) is 69.1 Å². The van der Waals surface area contributed by atoms with E-state index >= 15 is 0 Å². The first kappa shape index (κ1) is 18.1. The second-order valence-electron chi connectivity index (χ2n) is 4.61. The van der Waals surface area contributed by atoms with Crippen molar-refractivity contribution in [2.45, 2.75) is 18.5 Å². The number of ether oxygens (including phenoxy) is 1. The van der Waals surface area contributed by atoms with Crippen LogP contribution >= 0.6 is 0 Å². The van der Waals surface area contributed by atoms with Gasteiger partial charge in [-0.25, -0.2) is 8.42 Å². The van der Waals surface area contributed by atoms with Crippen LogP contribution in [-0.2, 0) is 19.4 Å². The normalized spacial score (nSPS) is 20.2. The SMILES string of the molecule is O=C(CCN1CCS(=O)(=O)CC1)OCC(F)(F)C(F)(F)F. The van der Waals surface area contributed by atoms with E-state index < -0.39 is 34.5 Å². The van der Waals surface area contributed by atoms with E-state index in [9.17, 15) is 35.2 Å². The third kappa shape index (κ3) is 5.73. The topological polar surface area (TPSA) is 63.7 Å². The van der Waals surface area contributed by atoms with Crippen molar-refractivity contribution in [1.82, 2.24) is 4.90 Å². The van der Waals surface area contributed by atoms with E-state index in [1.807, 2.05) is 0 Å². The molecule has 0 radical (unpaired) electrons. The van der Waals surface area contributed by atoms with E-state index in [0.29, 0.717) is 0 Å². The van der Waals surface area contributed by atoms with Gasteiger partial charge in [-0.3, -0.25) is 4.79 Å². The van der Waals surface area contributed by atoms with E-state index in [1.54, 1.807) is 4.90 Å². The lowest BCUT2D eigenvalue weighted by atomic mass is 10.3. The van der Waals surface area contributed by atoms with Gasteiger partial charge in [0, 0.05) is 19.6 Å². The molecule has 0 amide bonds. The van der Waals surface area contributed by atoms with Crippen LogP contribution in [0.5, 0.6) is 0 Å². The van der Waals surface area contributed by atoms with Crippen LogP contribution in [0.25, 0.3) is 0 Å². The summed E-state index contributed by atoms with van der Waals surface area (Å²) in [6.07, 6.45) is -6.15. The Hall–Kier alpha value is -0.970. The molecule has 1 saturated heterocycles. The van der Waals surface area contributed by atoms with Crippen molar-refractivity contribution in [2.75, 3.05) is 37.7 Å². The Bertz CT molecular complexity index is 462. The van der Waals surface area contributed by atoms with Gasteiger partial charge in [0.1, 0.15) is 0 Å². The average Bonchev–Trinajstić information content (AvgIpc) is 2.34. The minimum absolute atomic E-state index is 0.0476. The molecular formula is C10H14F5NO4S. The summed E-state index contributed by atoms with van der Waals surface area (Å²) in [7, 11) is -3.08. The number of rotatable bonds is 5. The molecule has 124 valence electrons. The van der Waals surface area contributed by atoms with Gasteiger partial charge < -0.3 is 9.64 Å². The summed E-state index contributed by atoms with van der Waals surface area (Å²) in [6, 6.07) is 0. The van der Waals surface area contributed by atoms with Crippen LogP contribution < -0.4 is 0 Å². The van der Waals surface area contributed by atoms with Gasteiger partial charge in [0.05, 0.1) is 17.9 Å². The van der Waals surface area contributed by atoms with Crippen LogP contribution in [0, 0.1) is 0 Å². The summed E-state index contributed by atoms with van der Waals surface area (Å²) >= 11 is 0. The summed E-state index contributed by atoms with van der Waals surface area (Å²) in [6.45, 7) is -1.63. The zero-order chi connectivity index (χ0) is 16.3. The number of nitrogens with zero attached hydrogens (tertiary/aromatic N) is 1. The Morgan fingerprint density at radius 3 is 2.10 bits per heavy atom. The molecule has 0 bridgehead atoms. The van der Waals surface area contributed by atoms with E-state index in [1.165, 1.54) is 0 Å². The lowest BCUT2D eigenvalue weighted by Gasteiger charge is -2.26. The highest BCUT2D eigenvalue weighted by molar-refractivity contribution is 7.91. The highest BCUT2D eigenvalue weighted by atomic mass is 32.2. The smallest absolute Gasteiger partial charge is 0.456 e. The maximum absolute atomic E-state index is 12.5. The number of hydrogen-bond acceptors (Lipinski definition) is 5. The zero-order valence-corrected chi connectivity index (χ0v) is 11.6. The van der Waals surface area contributed by atoms with Crippen LogP contribution in [0.2, 0.25) is 0 Å². The van der Waals surface area contributed by atoms with Gasteiger partial charge in [-0.05, 0) is 0 Å². The van der Waals surface area contributed by atoms with E-state index in [2.05, 4.69) is 4.74 Å². The Kier molecular flexibility index (Phi) is 5.53.